The van der Waals surface area contributed by atoms with Crippen molar-refractivity contribution in [1.82, 2.24) is 10.2 Å². The molecule has 3 aromatic rings. The number of nitrogens with one attached hydrogen (secondary N) is 1. The molecule has 1 heterocycles. The summed E-state index contributed by atoms with van der Waals surface area (Å²) < 4.78 is 5.76. The van der Waals surface area contributed by atoms with Gasteiger partial charge in [0.15, 0.2) is 6.54 Å². The van der Waals surface area contributed by atoms with Crippen LogP contribution in [0.2, 0.25) is 5.02 Å². The van der Waals surface area contributed by atoms with Gasteiger partial charge in [0.1, 0.15) is 6.54 Å². The highest BCUT2D eigenvalue weighted by Crippen LogP contribution is 2.20. The van der Waals surface area contributed by atoms with Crippen LogP contribution in [0.4, 0.5) is 0 Å². The number of rotatable bonds is 6. The summed E-state index contributed by atoms with van der Waals surface area (Å²) in [5.74, 6) is 1.16. The highest BCUT2D eigenvalue weighted by atomic mass is 35.5. The van der Waals surface area contributed by atoms with Crippen LogP contribution in [0.15, 0.2) is 57.8 Å². The first-order valence-electron chi connectivity index (χ1n) is 7.66. The van der Waals surface area contributed by atoms with Gasteiger partial charge in [-0.05, 0) is 42.7 Å². The number of hydrogen-bond donors (Lipinski definition) is 1. The van der Waals surface area contributed by atoms with Crippen LogP contribution in [-0.2, 0) is 13.1 Å². The van der Waals surface area contributed by atoms with Gasteiger partial charge in [-0.1, -0.05) is 23.7 Å². The quantitative estimate of drug-likeness (QED) is 0.685. The van der Waals surface area contributed by atoms with Gasteiger partial charge in [0.05, 0.1) is 7.05 Å². The molecule has 0 aliphatic carbocycles. The Kier molecular flexibility index (Phi) is 5.56. The molecule has 124 valence electrons. The van der Waals surface area contributed by atoms with Crippen molar-refractivity contribution in [2.24, 2.45) is 0 Å². The summed E-state index contributed by atoms with van der Waals surface area (Å²) in [6.45, 7) is 1.60. The molecule has 2 aromatic carbocycles. The topological polar surface area (TPSA) is 43.4 Å². The number of thioether (sulfide) groups is 1. The SMILES string of the molecule is CSc1ccc(C[NH+](C)Cc2nnc(-c3ccc(Cl)cc3)o2)cc1. The van der Waals surface area contributed by atoms with Crippen LogP contribution in [0, 0.1) is 0 Å². The highest BCUT2D eigenvalue weighted by molar-refractivity contribution is 7.98. The molecule has 1 N–H and O–H groups in total. The van der Waals surface area contributed by atoms with E-state index >= 15 is 0 Å². The van der Waals surface area contributed by atoms with Crippen molar-refractivity contribution in [3.63, 3.8) is 0 Å². The predicted octanol–water partition coefficient (Wildman–Crippen LogP) is 3.33. The predicted molar refractivity (Wildman–Crippen MR) is 97.3 cm³/mol. The molecule has 0 bridgehead atoms. The monoisotopic (exact) mass is 360 g/mol. The van der Waals surface area contributed by atoms with E-state index in [4.69, 9.17) is 16.0 Å². The van der Waals surface area contributed by atoms with Crippen molar-refractivity contribution in [2.75, 3.05) is 13.3 Å². The summed E-state index contributed by atoms with van der Waals surface area (Å²) in [7, 11) is 2.12. The molecule has 4 nitrogen and oxygen atoms in total. The molecule has 0 saturated heterocycles. The van der Waals surface area contributed by atoms with Gasteiger partial charge >= 0.3 is 0 Å². The molecule has 0 radical (unpaired) electrons. The lowest BCUT2D eigenvalue weighted by molar-refractivity contribution is -0.909. The third-order valence-electron chi connectivity index (χ3n) is 3.68. The minimum atomic E-state index is 0.527. The van der Waals surface area contributed by atoms with Crippen LogP contribution in [-0.4, -0.2) is 23.5 Å². The second kappa shape index (κ2) is 7.83. The molecule has 24 heavy (non-hydrogen) atoms. The summed E-state index contributed by atoms with van der Waals surface area (Å²) in [5.41, 5.74) is 2.17. The Hall–Kier alpha value is -1.82. The smallest absolute Gasteiger partial charge is 0.271 e. The van der Waals surface area contributed by atoms with Crippen molar-refractivity contribution >= 4 is 23.4 Å². The molecule has 0 amide bonds. The highest BCUT2D eigenvalue weighted by Gasteiger charge is 2.13. The van der Waals surface area contributed by atoms with E-state index in [1.165, 1.54) is 15.4 Å². The first kappa shape index (κ1) is 17.0. The lowest BCUT2D eigenvalue weighted by Gasteiger charge is -2.11. The van der Waals surface area contributed by atoms with Crippen molar-refractivity contribution in [1.29, 1.82) is 0 Å². The summed E-state index contributed by atoms with van der Waals surface area (Å²) in [6, 6.07) is 16.0. The van der Waals surface area contributed by atoms with Crippen LogP contribution in [0.5, 0.6) is 0 Å². The Labute approximate surface area is 150 Å². The summed E-state index contributed by atoms with van der Waals surface area (Å²) >= 11 is 7.65. The molecule has 1 aromatic heterocycles. The molecule has 0 saturated carbocycles. The van der Waals surface area contributed by atoms with Gasteiger partial charge in [-0.3, -0.25) is 0 Å². The fraction of sp³-hybridized carbons (Fsp3) is 0.222. The van der Waals surface area contributed by atoms with Crippen molar-refractivity contribution < 1.29 is 9.32 Å². The van der Waals surface area contributed by atoms with E-state index in [1.54, 1.807) is 11.8 Å². The molecule has 0 aliphatic heterocycles. The summed E-state index contributed by atoms with van der Waals surface area (Å²) in [5, 5.41) is 8.96. The molecule has 1 unspecified atom stereocenters. The minimum absolute atomic E-state index is 0.527. The second-order valence-corrected chi connectivity index (χ2v) is 6.98. The Morgan fingerprint density at radius 3 is 2.38 bits per heavy atom. The molecule has 3 rings (SSSR count). The maximum Gasteiger partial charge on any atom is 0.271 e. The van der Waals surface area contributed by atoms with Gasteiger partial charge in [-0.2, -0.15) is 0 Å². The molecular weight excluding hydrogens is 342 g/mol. The third-order valence-corrected chi connectivity index (χ3v) is 4.67. The fourth-order valence-electron chi connectivity index (χ4n) is 2.45. The zero-order valence-electron chi connectivity index (χ0n) is 13.6. The van der Waals surface area contributed by atoms with E-state index in [9.17, 15) is 0 Å². The number of halogens is 1. The Bertz CT molecular complexity index is 787. The first-order chi connectivity index (χ1) is 11.6. The standard InChI is InChI=1S/C18H18ClN3OS/c1-22(11-13-3-9-16(24-2)10-4-13)12-17-20-21-18(23-17)14-5-7-15(19)8-6-14/h3-10H,11-12H2,1-2H3/p+1. The second-order valence-electron chi connectivity index (χ2n) is 5.67. The van der Waals surface area contributed by atoms with Gasteiger partial charge in [0.25, 0.3) is 5.89 Å². The van der Waals surface area contributed by atoms with E-state index in [-0.39, 0.29) is 0 Å². The van der Waals surface area contributed by atoms with Crippen LogP contribution >= 0.6 is 23.4 Å². The van der Waals surface area contributed by atoms with Gasteiger partial charge < -0.3 is 9.32 Å². The van der Waals surface area contributed by atoms with Gasteiger partial charge in [0.2, 0.25) is 5.89 Å². The fourth-order valence-corrected chi connectivity index (χ4v) is 2.98. The molecule has 1 atom stereocenters. The lowest BCUT2D eigenvalue weighted by atomic mass is 10.2. The molecule has 0 spiro atoms. The molecule has 0 aliphatic rings. The molecule has 0 fully saturated rings. The van der Waals surface area contributed by atoms with Crippen molar-refractivity contribution in [3.8, 4) is 11.5 Å². The zero-order valence-corrected chi connectivity index (χ0v) is 15.2. The minimum Gasteiger partial charge on any atom is -0.415 e. The summed E-state index contributed by atoms with van der Waals surface area (Å²) in [4.78, 5) is 2.57. The maximum absolute atomic E-state index is 5.90. The van der Waals surface area contributed by atoms with Crippen molar-refractivity contribution in [2.45, 2.75) is 18.0 Å². The van der Waals surface area contributed by atoms with Crippen LogP contribution < -0.4 is 4.90 Å². The third kappa shape index (κ3) is 4.38. The van der Waals surface area contributed by atoms with Gasteiger partial charge in [-0.15, -0.1) is 22.0 Å². The summed E-state index contributed by atoms with van der Waals surface area (Å²) in [6.07, 6.45) is 2.08. The van der Waals surface area contributed by atoms with E-state index < -0.39 is 0 Å². The first-order valence-corrected chi connectivity index (χ1v) is 9.27. The number of aromatic nitrogens is 2. The number of hydrogen-bond acceptors (Lipinski definition) is 4. The van der Waals surface area contributed by atoms with E-state index in [1.807, 2.05) is 24.3 Å². The average Bonchev–Trinajstić information content (AvgIpc) is 3.04. The lowest BCUT2D eigenvalue weighted by Crippen LogP contribution is -3.06. The Morgan fingerprint density at radius 1 is 1.00 bits per heavy atom. The van der Waals surface area contributed by atoms with Gasteiger partial charge in [0, 0.05) is 21.0 Å². The number of nitrogens with zero attached hydrogens (tertiary/aromatic N) is 2. The number of quaternary nitrogens is 1. The molecular formula is C18H19ClN3OS+. The van der Waals surface area contributed by atoms with Crippen molar-refractivity contribution in [3.05, 3.63) is 65.0 Å². The van der Waals surface area contributed by atoms with E-state index in [0.717, 1.165) is 12.1 Å². The Morgan fingerprint density at radius 2 is 1.71 bits per heavy atom. The maximum atomic E-state index is 5.90. The van der Waals surface area contributed by atoms with Crippen LogP contribution in [0.25, 0.3) is 11.5 Å². The average molecular weight is 361 g/mol. The van der Waals surface area contributed by atoms with Crippen LogP contribution in [0.1, 0.15) is 11.5 Å². The van der Waals surface area contributed by atoms with Gasteiger partial charge in [-0.25, -0.2) is 0 Å². The molecule has 6 heteroatoms. The van der Waals surface area contributed by atoms with Crippen LogP contribution in [0.3, 0.4) is 0 Å². The Balaban J connectivity index is 1.62. The normalized spacial score (nSPS) is 12.3. The number of benzene rings is 2. The van der Waals surface area contributed by atoms with E-state index in [0.29, 0.717) is 23.3 Å². The zero-order chi connectivity index (χ0) is 16.9. The largest absolute Gasteiger partial charge is 0.415 e. The van der Waals surface area contributed by atoms with E-state index in [2.05, 4.69) is 47.8 Å².